The lowest BCUT2D eigenvalue weighted by atomic mass is 10.0. The largest absolute Gasteiger partial charge is 0.493 e. The Labute approximate surface area is 168 Å². The highest BCUT2D eigenvalue weighted by molar-refractivity contribution is 5.94. The molecule has 0 fully saturated rings. The van der Waals surface area contributed by atoms with Crippen LogP contribution in [0.25, 0.3) is 0 Å². The molecule has 2 aromatic rings. The molecule has 0 aromatic heterocycles. The fourth-order valence-corrected chi connectivity index (χ4v) is 2.54. The van der Waals surface area contributed by atoms with Crippen LogP contribution in [0.4, 0.5) is 14.5 Å². The molecule has 0 heterocycles. The molecule has 29 heavy (non-hydrogen) atoms. The van der Waals surface area contributed by atoms with Crippen LogP contribution in [-0.2, 0) is 9.63 Å². The van der Waals surface area contributed by atoms with E-state index in [-0.39, 0.29) is 23.3 Å². The highest BCUT2D eigenvalue weighted by atomic mass is 19.3. The summed E-state index contributed by atoms with van der Waals surface area (Å²) in [5, 5.41) is 6.64. The number of para-hydroxylation sites is 1. The Bertz CT molecular complexity index is 856. The maximum atomic E-state index is 12.4. The summed E-state index contributed by atoms with van der Waals surface area (Å²) in [5.74, 6) is -0.0382. The van der Waals surface area contributed by atoms with Crippen molar-refractivity contribution in [3.8, 4) is 11.5 Å². The molecule has 156 valence electrons. The van der Waals surface area contributed by atoms with Crippen molar-refractivity contribution < 1.29 is 27.9 Å². The molecule has 1 amide bonds. The van der Waals surface area contributed by atoms with Crippen molar-refractivity contribution in [2.75, 3.05) is 12.4 Å². The summed E-state index contributed by atoms with van der Waals surface area (Å²) in [6.45, 7) is 2.71. The summed E-state index contributed by atoms with van der Waals surface area (Å²) in [4.78, 5) is 17.6. The molecule has 8 heteroatoms. The molecular weight excluding hydrogens is 382 g/mol. The number of hydrogen-bond donors (Lipinski definition) is 1. The van der Waals surface area contributed by atoms with Gasteiger partial charge < -0.3 is 19.6 Å². The van der Waals surface area contributed by atoms with Crippen molar-refractivity contribution in [2.45, 2.75) is 39.4 Å². The summed E-state index contributed by atoms with van der Waals surface area (Å²) in [5.41, 5.74) is 2.28. The van der Waals surface area contributed by atoms with E-state index in [1.807, 2.05) is 38.1 Å². The van der Waals surface area contributed by atoms with Crippen LogP contribution in [0.2, 0.25) is 0 Å². The average molecular weight is 406 g/mol. The normalized spacial score (nSPS) is 12.3. The third-order valence-electron chi connectivity index (χ3n) is 4.03. The predicted molar refractivity (Wildman–Crippen MR) is 107 cm³/mol. The van der Waals surface area contributed by atoms with Crippen LogP contribution in [0.1, 0.15) is 37.8 Å². The number of halogens is 2. The van der Waals surface area contributed by atoms with E-state index in [0.717, 1.165) is 11.3 Å². The van der Waals surface area contributed by atoms with E-state index in [1.165, 1.54) is 31.5 Å². The monoisotopic (exact) mass is 406 g/mol. The highest BCUT2D eigenvalue weighted by Crippen LogP contribution is 2.29. The lowest BCUT2D eigenvalue weighted by Crippen LogP contribution is -2.27. The van der Waals surface area contributed by atoms with Crippen LogP contribution in [0, 0.1) is 0 Å². The molecule has 0 aliphatic carbocycles. The van der Waals surface area contributed by atoms with Crippen LogP contribution in [0.15, 0.2) is 47.6 Å². The van der Waals surface area contributed by atoms with Gasteiger partial charge >= 0.3 is 6.61 Å². The third kappa shape index (κ3) is 6.44. The number of oxime groups is 1. The molecule has 0 aliphatic rings. The Balaban J connectivity index is 1.98. The lowest BCUT2D eigenvalue weighted by molar-refractivity contribution is -0.126. The molecule has 0 aliphatic heterocycles. The van der Waals surface area contributed by atoms with Crippen molar-refractivity contribution in [1.29, 1.82) is 0 Å². The highest BCUT2D eigenvalue weighted by Gasteiger charge is 2.16. The molecule has 0 bridgehead atoms. The maximum Gasteiger partial charge on any atom is 0.387 e. The van der Waals surface area contributed by atoms with Gasteiger partial charge in [-0.05, 0) is 42.7 Å². The number of amides is 1. The molecule has 0 saturated carbocycles. The SMILES string of the molecule is COc1cc(C=NOC(C)C(=O)Nc2ccccc2C(C)C)ccc1OC(F)F. The van der Waals surface area contributed by atoms with Gasteiger partial charge in [-0.15, -0.1) is 0 Å². The first kappa shape index (κ1) is 22.1. The molecule has 0 radical (unpaired) electrons. The molecule has 1 unspecified atom stereocenters. The minimum atomic E-state index is -2.95. The van der Waals surface area contributed by atoms with Gasteiger partial charge in [0.2, 0.25) is 6.10 Å². The zero-order chi connectivity index (χ0) is 21.4. The van der Waals surface area contributed by atoms with Crippen molar-refractivity contribution in [1.82, 2.24) is 0 Å². The molecule has 2 rings (SSSR count). The molecule has 0 saturated heterocycles. The number of anilines is 1. The minimum absolute atomic E-state index is 0.0860. The number of methoxy groups -OCH3 is 1. The average Bonchev–Trinajstić information content (AvgIpc) is 2.68. The molecule has 1 atom stereocenters. The zero-order valence-corrected chi connectivity index (χ0v) is 16.7. The van der Waals surface area contributed by atoms with E-state index in [1.54, 1.807) is 6.92 Å². The Morgan fingerprint density at radius 3 is 2.48 bits per heavy atom. The van der Waals surface area contributed by atoms with Gasteiger partial charge in [0.15, 0.2) is 11.5 Å². The Morgan fingerprint density at radius 2 is 1.83 bits per heavy atom. The van der Waals surface area contributed by atoms with Gasteiger partial charge in [0.1, 0.15) is 0 Å². The van der Waals surface area contributed by atoms with E-state index in [0.29, 0.717) is 5.56 Å². The van der Waals surface area contributed by atoms with Gasteiger partial charge in [0.25, 0.3) is 5.91 Å². The minimum Gasteiger partial charge on any atom is -0.493 e. The van der Waals surface area contributed by atoms with Crippen LogP contribution >= 0.6 is 0 Å². The van der Waals surface area contributed by atoms with Gasteiger partial charge in [-0.25, -0.2) is 0 Å². The molecular formula is C21H24F2N2O4. The number of benzene rings is 2. The summed E-state index contributed by atoms with van der Waals surface area (Å²) >= 11 is 0. The van der Waals surface area contributed by atoms with E-state index in [2.05, 4.69) is 15.2 Å². The fourth-order valence-electron chi connectivity index (χ4n) is 2.54. The Morgan fingerprint density at radius 1 is 1.10 bits per heavy atom. The quantitative estimate of drug-likeness (QED) is 0.480. The summed E-state index contributed by atoms with van der Waals surface area (Å²) in [6.07, 6.45) is 0.510. The number of nitrogens with one attached hydrogen (secondary N) is 1. The van der Waals surface area contributed by atoms with Crippen LogP contribution in [0.5, 0.6) is 11.5 Å². The Kier molecular flexibility index (Phi) is 7.94. The third-order valence-corrected chi connectivity index (χ3v) is 4.03. The van der Waals surface area contributed by atoms with Gasteiger partial charge in [-0.1, -0.05) is 37.2 Å². The molecule has 6 nitrogen and oxygen atoms in total. The van der Waals surface area contributed by atoms with Gasteiger partial charge in [0.05, 0.1) is 13.3 Å². The standard InChI is InChI=1S/C21H24F2N2O4/c1-13(2)16-7-5-6-8-17(16)25-20(26)14(3)29-24-12-15-9-10-18(28-21(22)23)19(11-15)27-4/h5-14,21H,1-4H3,(H,25,26). The maximum absolute atomic E-state index is 12.4. The zero-order valence-electron chi connectivity index (χ0n) is 16.7. The fraction of sp³-hybridized carbons (Fsp3) is 0.333. The second-order valence-electron chi connectivity index (χ2n) is 6.50. The van der Waals surface area contributed by atoms with Crippen molar-refractivity contribution in [2.24, 2.45) is 5.16 Å². The first-order valence-corrected chi connectivity index (χ1v) is 9.03. The Hall–Kier alpha value is -3.16. The van der Waals surface area contributed by atoms with Crippen molar-refractivity contribution >= 4 is 17.8 Å². The van der Waals surface area contributed by atoms with Crippen molar-refractivity contribution in [3.63, 3.8) is 0 Å². The van der Waals surface area contributed by atoms with Gasteiger partial charge in [-0.2, -0.15) is 8.78 Å². The summed E-state index contributed by atoms with van der Waals surface area (Å²) in [7, 11) is 1.34. The second kappa shape index (κ2) is 10.4. The number of carbonyl (C=O) groups excluding carboxylic acids is 1. The topological polar surface area (TPSA) is 69.2 Å². The van der Waals surface area contributed by atoms with Gasteiger partial charge in [-0.3, -0.25) is 4.79 Å². The number of ether oxygens (including phenoxy) is 2. The van der Waals surface area contributed by atoms with Crippen LogP contribution < -0.4 is 14.8 Å². The van der Waals surface area contributed by atoms with Gasteiger partial charge in [0, 0.05) is 11.3 Å². The molecule has 2 aromatic carbocycles. The first-order chi connectivity index (χ1) is 13.8. The van der Waals surface area contributed by atoms with Crippen LogP contribution in [0.3, 0.4) is 0 Å². The van der Waals surface area contributed by atoms with Crippen molar-refractivity contribution in [3.05, 3.63) is 53.6 Å². The number of hydrogen-bond acceptors (Lipinski definition) is 5. The molecule has 0 spiro atoms. The first-order valence-electron chi connectivity index (χ1n) is 9.03. The number of rotatable bonds is 9. The van der Waals surface area contributed by atoms with E-state index >= 15 is 0 Å². The van der Waals surface area contributed by atoms with E-state index in [4.69, 9.17) is 9.57 Å². The van der Waals surface area contributed by atoms with Crippen LogP contribution in [-0.4, -0.2) is 31.9 Å². The summed E-state index contributed by atoms with van der Waals surface area (Å²) < 4.78 is 34.1. The molecule has 1 N–H and O–H groups in total. The number of alkyl halides is 2. The second-order valence-corrected chi connectivity index (χ2v) is 6.50. The predicted octanol–water partition coefficient (Wildman–Crippen LogP) is 4.80. The summed E-state index contributed by atoms with van der Waals surface area (Å²) in [6, 6.07) is 11.9. The smallest absolute Gasteiger partial charge is 0.387 e. The lowest BCUT2D eigenvalue weighted by Gasteiger charge is -2.15. The van der Waals surface area contributed by atoms with E-state index in [9.17, 15) is 13.6 Å². The number of nitrogens with zero attached hydrogens (tertiary/aromatic N) is 1. The number of carbonyl (C=O) groups is 1. The van der Waals surface area contributed by atoms with E-state index < -0.39 is 12.7 Å².